The van der Waals surface area contributed by atoms with Crippen LogP contribution in [0.5, 0.6) is 6.01 Å². The number of aryl methyl sites for hydroxylation is 1. The average Bonchev–Trinajstić information content (AvgIpc) is 3.67. The van der Waals surface area contributed by atoms with E-state index in [-0.39, 0.29) is 12.1 Å². The maximum absolute atomic E-state index is 9.87. The van der Waals surface area contributed by atoms with Crippen molar-refractivity contribution >= 4 is 22.2 Å². The summed E-state index contributed by atoms with van der Waals surface area (Å²) in [6.45, 7) is 9.97. The standard InChI is InChI=1S/C28H37N9O2S/c1-16-15-31-10-12-37(16)22-13-19(32-27(33-22)38-17(2)20-7-6-11-36(20)4)25-34-26(39-35-25)28(3)9-5-8-21-23(28)18(14-29)24(30)40-21/h13,16-17,20,31H,5-12,15,30H2,1-4H3/t16-,17-,20-,28-/m0/s1. The minimum atomic E-state index is -0.595. The van der Waals surface area contributed by atoms with Crippen LogP contribution in [0.2, 0.25) is 0 Å². The van der Waals surface area contributed by atoms with E-state index in [1.807, 2.05) is 6.07 Å². The van der Waals surface area contributed by atoms with E-state index in [0.717, 1.165) is 74.5 Å². The van der Waals surface area contributed by atoms with Gasteiger partial charge in [0.1, 0.15) is 28.7 Å². The van der Waals surface area contributed by atoms with Crippen molar-refractivity contribution in [2.24, 2.45) is 0 Å². The zero-order valence-corrected chi connectivity index (χ0v) is 24.4. The van der Waals surface area contributed by atoms with Crippen molar-refractivity contribution in [3.8, 4) is 23.6 Å². The number of anilines is 2. The third-order valence-corrected chi connectivity index (χ3v) is 9.86. The van der Waals surface area contributed by atoms with Gasteiger partial charge in [-0.1, -0.05) is 5.16 Å². The van der Waals surface area contributed by atoms with Crippen LogP contribution in [0.4, 0.5) is 10.8 Å². The number of likely N-dealkylation sites (N-methyl/N-ethyl adjacent to an activating group) is 1. The Hall–Kier alpha value is -3.27. The van der Waals surface area contributed by atoms with Crippen molar-refractivity contribution in [3.05, 3.63) is 28.0 Å². The van der Waals surface area contributed by atoms with E-state index in [1.165, 1.54) is 11.3 Å². The highest BCUT2D eigenvalue weighted by Crippen LogP contribution is 2.48. The summed E-state index contributed by atoms with van der Waals surface area (Å²) in [5, 5.41) is 18.2. The number of rotatable bonds is 6. The summed E-state index contributed by atoms with van der Waals surface area (Å²) >= 11 is 1.49. The molecule has 0 aromatic carbocycles. The van der Waals surface area contributed by atoms with Crippen LogP contribution in [0.15, 0.2) is 10.6 Å². The van der Waals surface area contributed by atoms with E-state index in [4.69, 9.17) is 29.9 Å². The summed E-state index contributed by atoms with van der Waals surface area (Å²) in [6, 6.07) is 5.13. The molecule has 2 aliphatic heterocycles. The highest BCUT2D eigenvalue weighted by Gasteiger charge is 2.43. The van der Waals surface area contributed by atoms with Crippen LogP contribution >= 0.6 is 11.3 Å². The van der Waals surface area contributed by atoms with E-state index in [1.54, 1.807) is 0 Å². The van der Waals surface area contributed by atoms with Crippen LogP contribution in [0.1, 0.15) is 68.3 Å². The Kier molecular flexibility index (Phi) is 7.14. The van der Waals surface area contributed by atoms with E-state index >= 15 is 0 Å². The molecule has 0 unspecified atom stereocenters. The predicted octanol–water partition coefficient (Wildman–Crippen LogP) is 3.34. The molecule has 0 amide bonds. The second-order valence-corrected chi connectivity index (χ2v) is 12.7. The van der Waals surface area contributed by atoms with Crippen molar-refractivity contribution < 1.29 is 9.26 Å². The van der Waals surface area contributed by atoms with Gasteiger partial charge in [-0.05, 0) is 66.5 Å². The molecule has 12 heteroatoms. The van der Waals surface area contributed by atoms with Gasteiger partial charge in [-0.25, -0.2) is 0 Å². The van der Waals surface area contributed by atoms with Crippen LogP contribution in [0.3, 0.4) is 0 Å². The van der Waals surface area contributed by atoms with Crippen LogP contribution in [-0.4, -0.2) is 76.4 Å². The molecule has 6 rings (SSSR count). The molecule has 4 atom stereocenters. The molecule has 40 heavy (non-hydrogen) atoms. The molecule has 3 aromatic heterocycles. The lowest BCUT2D eigenvalue weighted by Gasteiger charge is -2.35. The molecule has 0 saturated carbocycles. The molecule has 3 aromatic rings. The molecule has 212 valence electrons. The molecule has 11 nitrogen and oxygen atoms in total. The van der Waals surface area contributed by atoms with Crippen molar-refractivity contribution in [2.75, 3.05) is 43.9 Å². The minimum absolute atomic E-state index is 0.0649. The third-order valence-electron chi connectivity index (χ3n) is 8.78. The smallest absolute Gasteiger partial charge is 0.319 e. The molecule has 0 spiro atoms. The zero-order chi connectivity index (χ0) is 28.0. The van der Waals surface area contributed by atoms with Gasteiger partial charge in [-0.15, -0.1) is 11.3 Å². The number of piperazine rings is 1. The number of fused-ring (bicyclic) bond motifs is 1. The molecule has 0 radical (unpaired) electrons. The van der Waals surface area contributed by atoms with Gasteiger partial charge in [0.25, 0.3) is 0 Å². The van der Waals surface area contributed by atoms with E-state index < -0.39 is 5.41 Å². The Labute approximate surface area is 238 Å². The summed E-state index contributed by atoms with van der Waals surface area (Å²) in [5.74, 6) is 1.64. The van der Waals surface area contributed by atoms with Gasteiger partial charge in [-0.2, -0.15) is 20.2 Å². The lowest BCUT2D eigenvalue weighted by Crippen LogP contribution is -2.50. The molecule has 3 aliphatic rings. The number of aromatic nitrogens is 4. The fourth-order valence-corrected chi connectivity index (χ4v) is 7.73. The van der Waals surface area contributed by atoms with E-state index in [2.05, 4.69) is 54.2 Å². The summed E-state index contributed by atoms with van der Waals surface area (Å²) in [6.07, 6.45) is 4.83. The molecule has 0 bridgehead atoms. The third kappa shape index (κ3) is 4.70. The summed E-state index contributed by atoms with van der Waals surface area (Å²) in [5.41, 5.74) is 7.63. The Morgan fingerprint density at radius 1 is 1.30 bits per heavy atom. The van der Waals surface area contributed by atoms with Crippen LogP contribution < -0.4 is 20.7 Å². The van der Waals surface area contributed by atoms with Gasteiger partial charge < -0.3 is 25.2 Å². The van der Waals surface area contributed by atoms with Crippen LogP contribution in [0, 0.1) is 11.3 Å². The number of nitrogens with one attached hydrogen (secondary N) is 1. The molecular formula is C28H37N9O2S. The van der Waals surface area contributed by atoms with Gasteiger partial charge in [0.05, 0.1) is 11.0 Å². The maximum atomic E-state index is 9.87. The number of nitrogens with zero attached hydrogens (tertiary/aromatic N) is 7. The highest BCUT2D eigenvalue weighted by molar-refractivity contribution is 7.16. The van der Waals surface area contributed by atoms with Crippen LogP contribution in [-0.2, 0) is 11.8 Å². The molecule has 3 N–H and O–H groups in total. The molecular weight excluding hydrogens is 526 g/mol. The fourth-order valence-electron chi connectivity index (χ4n) is 6.54. The number of hydrogen-bond donors (Lipinski definition) is 2. The quantitative estimate of drug-likeness (QED) is 0.456. The topological polar surface area (TPSA) is 142 Å². The van der Waals surface area contributed by atoms with Crippen molar-refractivity contribution in [1.82, 2.24) is 30.3 Å². The number of nitriles is 1. The largest absolute Gasteiger partial charge is 0.459 e. The number of likely N-dealkylation sites (tertiary alicyclic amines) is 1. The Morgan fingerprint density at radius 3 is 2.90 bits per heavy atom. The number of nitrogens with two attached hydrogens (primary N) is 1. The summed E-state index contributed by atoms with van der Waals surface area (Å²) < 4.78 is 12.3. The first-order valence-electron chi connectivity index (χ1n) is 14.2. The van der Waals surface area contributed by atoms with Gasteiger partial charge in [0, 0.05) is 48.2 Å². The zero-order valence-electron chi connectivity index (χ0n) is 23.6. The second-order valence-electron chi connectivity index (χ2n) is 11.5. The van der Waals surface area contributed by atoms with Crippen LogP contribution in [0.25, 0.3) is 11.5 Å². The first-order chi connectivity index (χ1) is 19.3. The van der Waals surface area contributed by atoms with Crippen molar-refractivity contribution in [2.45, 2.75) is 76.5 Å². The highest BCUT2D eigenvalue weighted by atomic mass is 32.1. The number of thiophene rings is 1. The maximum Gasteiger partial charge on any atom is 0.319 e. The molecule has 5 heterocycles. The molecule has 2 fully saturated rings. The Bertz CT molecular complexity index is 1430. The van der Waals surface area contributed by atoms with E-state index in [0.29, 0.717) is 40.0 Å². The minimum Gasteiger partial charge on any atom is -0.459 e. The second kappa shape index (κ2) is 10.6. The predicted molar refractivity (Wildman–Crippen MR) is 154 cm³/mol. The summed E-state index contributed by atoms with van der Waals surface area (Å²) in [4.78, 5) is 20.2. The number of ether oxygens (including phenoxy) is 1. The lowest BCUT2D eigenvalue weighted by molar-refractivity contribution is 0.112. The first kappa shape index (κ1) is 26.9. The monoisotopic (exact) mass is 563 g/mol. The Morgan fingerprint density at radius 2 is 2.15 bits per heavy atom. The summed E-state index contributed by atoms with van der Waals surface area (Å²) in [7, 11) is 2.14. The SMILES string of the molecule is C[C@H](Oc1nc(-c2noc([C@@]3(C)CCCc4sc(N)c(C#N)c43)n2)cc(N2CCNC[C@@H]2C)n1)[C@@H]1CCCN1C. The lowest BCUT2D eigenvalue weighted by atomic mass is 9.72. The molecule has 1 aliphatic carbocycles. The fraction of sp³-hybridized carbons (Fsp3) is 0.607. The van der Waals surface area contributed by atoms with Crippen molar-refractivity contribution in [1.29, 1.82) is 5.26 Å². The first-order valence-corrected chi connectivity index (χ1v) is 15.0. The average molecular weight is 564 g/mol. The van der Waals surface area contributed by atoms with Gasteiger partial charge in [-0.3, -0.25) is 4.90 Å². The van der Waals surface area contributed by atoms with Gasteiger partial charge in [0.2, 0.25) is 11.7 Å². The van der Waals surface area contributed by atoms with Crippen molar-refractivity contribution in [3.63, 3.8) is 0 Å². The number of hydrogen-bond acceptors (Lipinski definition) is 12. The molecule has 2 saturated heterocycles. The van der Waals surface area contributed by atoms with Gasteiger partial charge >= 0.3 is 6.01 Å². The Balaban J connectivity index is 1.37. The number of nitrogen functional groups attached to an aromatic ring is 1. The van der Waals surface area contributed by atoms with Gasteiger partial charge in [0.15, 0.2) is 0 Å². The van der Waals surface area contributed by atoms with E-state index in [9.17, 15) is 5.26 Å². The normalized spacial score (nSPS) is 25.9.